The predicted molar refractivity (Wildman–Crippen MR) is 81.9 cm³/mol. The fourth-order valence-electron chi connectivity index (χ4n) is 2.46. The highest BCUT2D eigenvalue weighted by Crippen LogP contribution is 2.30. The first kappa shape index (κ1) is 15.4. The number of hydrogen-bond acceptors (Lipinski definition) is 2. The van der Waals surface area contributed by atoms with Gasteiger partial charge < -0.3 is 10.0 Å². The summed E-state index contributed by atoms with van der Waals surface area (Å²) >= 11 is 0. The minimum Gasteiger partial charge on any atom is -0.478 e. The molecular formula is C16H22N2O3. The van der Waals surface area contributed by atoms with E-state index in [-0.39, 0.29) is 11.6 Å². The number of anilines is 1. The first-order valence-electron chi connectivity index (χ1n) is 7.29. The second-order valence-electron chi connectivity index (χ2n) is 5.94. The Kier molecular flexibility index (Phi) is 4.50. The number of carbonyl (C=O) groups excluding carboxylic acids is 1. The molecule has 1 aliphatic heterocycles. The number of fused-ring (bicyclic) bond motifs is 1. The van der Waals surface area contributed by atoms with Gasteiger partial charge in [0.2, 0.25) is 0 Å². The number of aromatic carboxylic acids is 1. The number of hydrogen-bond donors (Lipinski definition) is 1. The molecule has 1 aromatic carbocycles. The molecule has 0 bridgehead atoms. The molecule has 0 radical (unpaired) electrons. The molecule has 0 saturated carbocycles. The molecule has 1 aromatic rings. The zero-order valence-corrected chi connectivity index (χ0v) is 12.8. The number of amides is 2. The second kappa shape index (κ2) is 6.16. The van der Waals surface area contributed by atoms with Crippen LogP contribution in [0.5, 0.6) is 0 Å². The average molecular weight is 290 g/mol. The number of carboxylic acids is 1. The van der Waals surface area contributed by atoms with Crippen LogP contribution in [0.4, 0.5) is 10.5 Å². The van der Waals surface area contributed by atoms with E-state index in [9.17, 15) is 9.59 Å². The lowest BCUT2D eigenvalue weighted by Crippen LogP contribution is -2.41. The van der Waals surface area contributed by atoms with Gasteiger partial charge in [-0.3, -0.25) is 4.90 Å². The smallest absolute Gasteiger partial charge is 0.335 e. The number of benzene rings is 1. The molecule has 21 heavy (non-hydrogen) atoms. The van der Waals surface area contributed by atoms with E-state index in [1.807, 2.05) is 0 Å². The molecule has 0 saturated heterocycles. The molecule has 0 unspecified atom stereocenters. The first-order chi connectivity index (χ1) is 9.90. The van der Waals surface area contributed by atoms with E-state index >= 15 is 0 Å². The lowest BCUT2D eigenvalue weighted by Gasteiger charge is -2.25. The van der Waals surface area contributed by atoms with Crippen LogP contribution in [0.25, 0.3) is 0 Å². The summed E-state index contributed by atoms with van der Waals surface area (Å²) in [5.74, 6) is -0.421. The summed E-state index contributed by atoms with van der Waals surface area (Å²) in [5.41, 5.74) is 1.99. The van der Waals surface area contributed by atoms with Gasteiger partial charge in [-0.05, 0) is 36.5 Å². The molecule has 0 spiro atoms. The van der Waals surface area contributed by atoms with Crippen LogP contribution in [-0.2, 0) is 6.42 Å². The quantitative estimate of drug-likeness (QED) is 0.927. The zero-order chi connectivity index (χ0) is 15.6. The first-order valence-corrected chi connectivity index (χ1v) is 7.29. The molecule has 1 heterocycles. The Morgan fingerprint density at radius 3 is 2.71 bits per heavy atom. The molecule has 1 N–H and O–H groups in total. The van der Waals surface area contributed by atoms with Crippen LogP contribution in [0.3, 0.4) is 0 Å². The maximum Gasteiger partial charge on any atom is 0.335 e. The highest BCUT2D eigenvalue weighted by Gasteiger charge is 2.27. The number of urea groups is 1. The Labute approximate surface area is 125 Å². The van der Waals surface area contributed by atoms with Crippen molar-refractivity contribution in [2.45, 2.75) is 26.7 Å². The van der Waals surface area contributed by atoms with E-state index in [2.05, 4.69) is 13.8 Å². The predicted octanol–water partition coefficient (Wildman–Crippen LogP) is 2.85. The third-order valence-electron chi connectivity index (χ3n) is 3.83. The van der Waals surface area contributed by atoms with Gasteiger partial charge in [-0.1, -0.05) is 19.9 Å². The van der Waals surface area contributed by atoms with Gasteiger partial charge in [0.05, 0.1) is 5.56 Å². The standard InChI is InChI=1S/C16H22N2O3/c1-11(2)6-8-17(3)16(21)18-9-7-12-4-5-13(15(19)20)10-14(12)18/h4-5,10-11H,6-9H2,1-3H3,(H,19,20). The van der Waals surface area contributed by atoms with E-state index in [0.717, 1.165) is 24.1 Å². The van der Waals surface area contributed by atoms with E-state index < -0.39 is 5.97 Å². The summed E-state index contributed by atoms with van der Waals surface area (Å²) in [6, 6.07) is 4.94. The van der Waals surface area contributed by atoms with Gasteiger partial charge in [-0.15, -0.1) is 0 Å². The monoisotopic (exact) mass is 290 g/mol. The Bertz CT molecular complexity index is 554. The normalized spacial score (nSPS) is 13.4. The van der Waals surface area contributed by atoms with Crippen LogP contribution in [0.2, 0.25) is 0 Å². The minimum atomic E-state index is -0.967. The van der Waals surface area contributed by atoms with Crippen LogP contribution in [0.1, 0.15) is 36.2 Å². The number of rotatable bonds is 4. The second-order valence-corrected chi connectivity index (χ2v) is 5.94. The molecular weight excluding hydrogens is 268 g/mol. The molecule has 1 aliphatic rings. The van der Waals surface area contributed by atoms with Crippen LogP contribution in [0.15, 0.2) is 18.2 Å². The Balaban J connectivity index is 2.15. The van der Waals surface area contributed by atoms with Gasteiger partial charge in [0, 0.05) is 25.8 Å². The number of carboxylic acid groups (broad SMARTS) is 1. The van der Waals surface area contributed by atoms with Crippen molar-refractivity contribution in [3.05, 3.63) is 29.3 Å². The van der Waals surface area contributed by atoms with Crippen molar-refractivity contribution in [1.29, 1.82) is 0 Å². The van der Waals surface area contributed by atoms with Crippen LogP contribution in [0, 0.1) is 5.92 Å². The van der Waals surface area contributed by atoms with E-state index in [0.29, 0.717) is 19.0 Å². The van der Waals surface area contributed by atoms with Crippen molar-refractivity contribution >= 4 is 17.7 Å². The summed E-state index contributed by atoms with van der Waals surface area (Å²) in [6.45, 7) is 5.58. The van der Waals surface area contributed by atoms with Crippen LogP contribution < -0.4 is 4.90 Å². The lowest BCUT2D eigenvalue weighted by atomic mass is 10.1. The van der Waals surface area contributed by atoms with Crippen molar-refractivity contribution in [1.82, 2.24) is 4.90 Å². The Morgan fingerprint density at radius 1 is 1.38 bits per heavy atom. The van der Waals surface area contributed by atoms with Crippen LogP contribution >= 0.6 is 0 Å². The fraction of sp³-hybridized carbons (Fsp3) is 0.500. The van der Waals surface area contributed by atoms with Crippen molar-refractivity contribution in [3.63, 3.8) is 0 Å². The minimum absolute atomic E-state index is 0.0584. The third-order valence-corrected chi connectivity index (χ3v) is 3.83. The molecule has 0 aliphatic carbocycles. The van der Waals surface area contributed by atoms with E-state index in [4.69, 9.17) is 5.11 Å². The summed E-state index contributed by atoms with van der Waals surface area (Å²) in [5, 5.41) is 9.08. The van der Waals surface area contributed by atoms with Gasteiger partial charge in [0.1, 0.15) is 0 Å². The lowest BCUT2D eigenvalue weighted by molar-refractivity contribution is 0.0697. The molecule has 2 amide bonds. The average Bonchev–Trinajstić information content (AvgIpc) is 2.86. The Morgan fingerprint density at radius 2 is 2.10 bits per heavy atom. The van der Waals surface area contributed by atoms with Gasteiger partial charge in [0.25, 0.3) is 0 Å². The highest BCUT2D eigenvalue weighted by molar-refractivity contribution is 5.96. The van der Waals surface area contributed by atoms with Crippen LogP contribution in [-0.4, -0.2) is 42.1 Å². The Hall–Kier alpha value is -2.04. The summed E-state index contributed by atoms with van der Waals surface area (Å²) in [7, 11) is 1.80. The van der Waals surface area contributed by atoms with Crippen molar-refractivity contribution in [3.8, 4) is 0 Å². The zero-order valence-electron chi connectivity index (χ0n) is 12.8. The molecule has 5 heteroatoms. The maximum absolute atomic E-state index is 12.5. The molecule has 0 fully saturated rings. The summed E-state index contributed by atoms with van der Waals surface area (Å²) < 4.78 is 0. The summed E-state index contributed by atoms with van der Waals surface area (Å²) in [6.07, 6.45) is 1.73. The van der Waals surface area contributed by atoms with E-state index in [1.165, 1.54) is 0 Å². The molecule has 114 valence electrons. The van der Waals surface area contributed by atoms with Gasteiger partial charge in [0.15, 0.2) is 0 Å². The number of carbonyl (C=O) groups is 2. The molecule has 2 rings (SSSR count). The third kappa shape index (κ3) is 3.35. The largest absolute Gasteiger partial charge is 0.478 e. The summed E-state index contributed by atoms with van der Waals surface area (Å²) in [4.78, 5) is 27.0. The van der Waals surface area contributed by atoms with Crippen molar-refractivity contribution < 1.29 is 14.7 Å². The molecule has 0 aromatic heterocycles. The SMILES string of the molecule is CC(C)CCN(C)C(=O)N1CCc2ccc(C(=O)O)cc21. The number of nitrogens with zero attached hydrogens (tertiary/aromatic N) is 2. The van der Waals surface area contributed by atoms with Gasteiger partial charge in [-0.25, -0.2) is 9.59 Å². The topological polar surface area (TPSA) is 60.9 Å². The molecule has 5 nitrogen and oxygen atoms in total. The molecule has 0 atom stereocenters. The highest BCUT2D eigenvalue weighted by atomic mass is 16.4. The fourth-order valence-corrected chi connectivity index (χ4v) is 2.46. The van der Waals surface area contributed by atoms with Crippen molar-refractivity contribution in [2.75, 3.05) is 25.0 Å². The van der Waals surface area contributed by atoms with E-state index in [1.54, 1.807) is 35.0 Å². The van der Waals surface area contributed by atoms with Gasteiger partial charge >= 0.3 is 12.0 Å². The van der Waals surface area contributed by atoms with Gasteiger partial charge in [-0.2, -0.15) is 0 Å². The maximum atomic E-state index is 12.5. The van der Waals surface area contributed by atoms with Crippen molar-refractivity contribution in [2.24, 2.45) is 5.92 Å².